The van der Waals surface area contributed by atoms with Crippen molar-refractivity contribution in [3.8, 4) is 11.5 Å². The van der Waals surface area contributed by atoms with Crippen molar-refractivity contribution < 1.29 is 23.1 Å². The number of nitrogens with one attached hydrogen (secondary N) is 1. The number of amides is 1. The summed E-state index contributed by atoms with van der Waals surface area (Å²) < 4.78 is 32.5. The normalized spacial score (nSPS) is 11.4. The number of rotatable bonds is 8. The number of carbonyl (C=O) groups excluding carboxylic acids is 1. The average Bonchev–Trinajstić information content (AvgIpc) is 2.81. The van der Waals surface area contributed by atoms with Crippen molar-refractivity contribution in [2.24, 2.45) is 5.10 Å². The van der Waals surface area contributed by atoms with E-state index in [4.69, 9.17) is 27.9 Å². The fourth-order valence-electron chi connectivity index (χ4n) is 2.82. The molecule has 3 aromatic carbocycles. The molecule has 1 amide bonds. The van der Waals surface area contributed by atoms with Crippen molar-refractivity contribution >= 4 is 51.0 Å². The van der Waals surface area contributed by atoms with Crippen LogP contribution in [0.15, 0.2) is 76.7 Å². The summed E-state index contributed by atoms with van der Waals surface area (Å²) in [7, 11) is -2.74. The monoisotopic (exact) mass is 507 g/mol. The van der Waals surface area contributed by atoms with Crippen LogP contribution in [0, 0.1) is 0 Å². The maximum Gasteiger partial charge on any atom is 0.264 e. The quantitative estimate of drug-likeness (QED) is 0.353. The maximum atomic E-state index is 13.3. The van der Waals surface area contributed by atoms with Gasteiger partial charge in [-0.25, -0.2) is 13.8 Å². The molecule has 172 valence electrons. The highest BCUT2D eigenvalue weighted by atomic mass is 35.5. The number of phenolic OH excluding ortho intramolecular Hbond substituents is 1. The first-order valence-corrected chi connectivity index (χ1v) is 11.6. The molecule has 0 heterocycles. The molecule has 0 aliphatic heterocycles. The van der Waals surface area contributed by atoms with Crippen LogP contribution in [0.1, 0.15) is 5.56 Å². The van der Waals surface area contributed by atoms with Gasteiger partial charge in [0.25, 0.3) is 15.9 Å². The number of anilines is 1. The number of nitrogens with zero attached hydrogens (tertiary/aromatic N) is 2. The number of sulfonamides is 1. The number of ether oxygens (including phenoxy) is 1. The van der Waals surface area contributed by atoms with Crippen LogP contribution in [0.5, 0.6) is 11.5 Å². The number of halogens is 2. The fourth-order valence-corrected chi connectivity index (χ4v) is 4.73. The van der Waals surface area contributed by atoms with Crippen molar-refractivity contribution in [3.05, 3.63) is 82.3 Å². The lowest BCUT2D eigenvalue weighted by Gasteiger charge is -2.24. The topological polar surface area (TPSA) is 108 Å². The zero-order chi connectivity index (χ0) is 24.0. The van der Waals surface area contributed by atoms with E-state index in [1.807, 2.05) is 0 Å². The summed E-state index contributed by atoms with van der Waals surface area (Å²) in [5.41, 5.74) is 2.88. The molecular weight excluding hydrogens is 489 g/mol. The zero-order valence-electron chi connectivity index (χ0n) is 17.3. The van der Waals surface area contributed by atoms with Crippen LogP contribution in [-0.4, -0.2) is 39.3 Å². The van der Waals surface area contributed by atoms with Crippen molar-refractivity contribution in [2.45, 2.75) is 4.90 Å². The molecule has 0 saturated carbocycles. The van der Waals surface area contributed by atoms with Crippen molar-refractivity contribution in [1.82, 2.24) is 5.43 Å². The molecule has 0 spiro atoms. The molecule has 3 aromatic rings. The van der Waals surface area contributed by atoms with E-state index in [-0.39, 0.29) is 32.1 Å². The Labute approximate surface area is 201 Å². The number of carbonyl (C=O) groups is 1. The molecule has 0 atom stereocenters. The lowest BCUT2D eigenvalue weighted by Crippen LogP contribution is -2.39. The van der Waals surface area contributed by atoms with Gasteiger partial charge in [0.15, 0.2) is 11.5 Å². The van der Waals surface area contributed by atoms with Gasteiger partial charge in [0.2, 0.25) is 0 Å². The van der Waals surface area contributed by atoms with E-state index in [0.29, 0.717) is 5.56 Å². The lowest BCUT2D eigenvalue weighted by molar-refractivity contribution is -0.119. The van der Waals surface area contributed by atoms with E-state index in [1.54, 1.807) is 24.3 Å². The lowest BCUT2D eigenvalue weighted by atomic mass is 10.2. The fraction of sp³-hybridized carbons (Fsp3) is 0.0909. The van der Waals surface area contributed by atoms with E-state index in [2.05, 4.69) is 10.5 Å². The summed E-state index contributed by atoms with van der Waals surface area (Å²) in [5, 5.41) is 13.6. The number of hydrogen-bond donors (Lipinski definition) is 2. The molecule has 0 unspecified atom stereocenters. The second-order valence-corrected chi connectivity index (χ2v) is 9.27. The van der Waals surface area contributed by atoms with E-state index in [0.717, 1.165) is 4.31 Å². The first kappa shape index (κ1) is 24.4. The van der Waals surface area contributed by atoms with E-state index >= 15 is 0 Å². The largest absolute Gasteiger partial charge is 0.504 e. The molecule has 3 rings (SSSR count). The molecule has 0 fully saturated rings. The number of benzene rings is 3. The highest BCUT2D eigenvalue weighted by molar-refractivity contribution is 7.92. The van der Waals surface area contributed by atoms with Crippen LogP contribution in [0.4, 0.5) is 5.69 Å². The highest BCUT2D eigenvalue weighted by Crippen LogP contribution is 2.35. The van der Waals surface area contributed by atoms with Gasteiger partial charge in [0.05, 0.1) is 34.0 Å². The van der Waals surface area contributed by atoms with Crippen LogP contribution in [0.3, 0.4) is 0 Å². The molecular formula is C22H19Cl2N3O5S. The van der Waals surface area contributed by atoms with Crippen molar-refractivity contribution in [2.75, 3.05) is 18.0 Å². The molecule has 0 radical (unpaired) electrons. The van der Waals surface area contributed by atoms with Gasteiger partial charge in [-0.15, -0.1) is 0 Å². The van der Waals surface area contributed by atoms with Crippen LogP contribution < -0.4 is 14.5 Å². The second-order valence-electron chi connectivity index (χ2n) is 6.62. The summed E-state index contributed by atoms with van der Waals surface area (Å²) >= 11 is 12.3. The van der Waals surface area contributed by atoms with E-state index < -0.39 is 22.5 Å². The Morgan fingerprint density at radius 2 is 1.85 bits per heavy atom. The van der Waals surface area contributed by atoms with Crippen LogP contribution in [0.2, 0.25) is 10.0 Å². The number of methoxy groups -OCH3 is 1. The molecule has 0 aliphatic carbocycles. The molecule has 8 nitrogen and oxygen atoms in total. The van der Waals surface area contributed by atoms with Gasteiger partial charge in [-0.3, -0.25) is 9.10 Å². The van der Waals surface area contributed by atoms with Gasteiger partial charge < -0.3 is 9.84 Å². The molecule has 33 heavy (non-hydrogen) atoms. The summed E-state index contributed by atoms with van der Waals surface area (Å²) in [5.74, 6) is -0.521. The van der Waals surface area contributed by atoms with E-state index in [9.17, 15) is 18.3 Å². The summed E-state index contributed by atoms with van der Waals surface area (Å²) in [4.78, 5) is 12.6. The number of aromatic hydroxyl groups is 1. The predicted molar refractivity (Wildman–Crippen MR) is 128 cm³/mol. The molecule has 0 aromatic heterocycles. The number of hydrogen-bond acceptors (Lipinski definition) is 6. The Balaban J connectivity index is 1.86. The minimum Gasteiger partial charge on any atom is -0.504 e. The van der Waals surface area contributed by atoms with Gasteiger partial charge in [0, 0.05) is 0 Å². The minimum atomic E-state index is -4.15. The Bertz CT molecular complexity index is 1280. The smallest absolute Gasteiger partial charge is 0.264 e. The summed E-state index contributed by atoms with van der Waals surface area (Å²) in [6, 6.07) is 16.6. The van der Waals surface area contributed by atoms with Gasteiger partial charge in [-0.2, -0.15) is 5.10 Å². The van der Waals surface area contributed by atoms with Crippen molar-refractivity contribution in [3.63, 3.8) is 0 Å². The second kappa shape index (κ2) is 10.6. The maximum absolute atomic E-state index is 13.3. The van der Waals surface area contributed by atoms with Gasteiger partial charge in [-0.1, -0.05) is 47.5 Å². The summed E-state index contributed by atoms with van der Waals surface area (Å²) in [6.07, 6.45) is 1.32. The molecule has 0 saturated heterocycles. The van der Waals surface area contributed by atoms with Crippen LogP contribution >= 0.6 is 23.2 Å². The summed E-state index contributed by atoms with van der Waals surface area (Å²) in [6.45, 7) is -0.604. The van der Waals surface area contributed by atoms with Gasteiger partial charge in [0.1, 0.15) is 6.54 Å². The third kappa shape index (κ3) is 5.75. The Hall–Kier alpha value is -3.27. The molecule has 2 N–H and O–H groups in total. The molecule has 0 aliphatic rings. The molecule has 0 bridgehead atoms. The highest BCUT2D eigenvalue weighted by Gasteiger charge is 2.29. The average molecular weight is 508 g/mol. The first-order chi connectivity index (χ1) is 15.7. The first-order valence-electron chi connectivity index (χ1n) is 9.44. The molecule has 11 heteroatoms. The predicted octanol–water partition coefficient (Wildman–Crippen LogP) is 4.05. The Kier molecular flexibility index (Phi) is 7.80. The number of phenols is 1. The standard InChI is InChI=1S/C22H19Cl2N3O5S/c1-32-20-12-15(10-11-19(20)28)13-25-26-21(29)14-27(18-9-5-8-17(23)22(18)24)33(30,31)16-6-3-2-4-7-16/h2-13,28H,14H2,1H3,(H,26,29)/b25-13-. The number of hydrazone groups is 1. The van der Waals surface area contributed by atoms with Crippen LogP contribution in [0.25, 0.3) is 0 Å². The Morgan fingerprint density at radius 1 is 1.12 bits per heavy atom. The van der Waals surface area contributed by atoms with Crippen LogP contribution in [-0.2, 0) is 14.8 Å². The third-order valence-corrected chi connectivity index (χ3v) is 7.01. The zero-order valence-corrected chi connectivity index (χ0v) is 19.6. The third-order valence-electron chi connectivity index (χ3n) is 4.42. The van der Waals surface area contributed by atoms with E-state index in [1.165, 1.54) is 55.8 Å². The minimum absolute atomic E-state index is 0.00818. The Morgan fingerprint density at radius 3 is 2.55 bits per heavy atom. The SMILES string of the molecule is COc1cc(/C=N\NC(=O)CN(c2cccc(Cl)c2Cl)S(=O)(=O)c2ccccc2)ccc1O. The van der Waals surface area contributed by atoms with Gasteiger partial charge >= 0.3 is 0 Å². The van der Waals surface area contributed by atoms with Gasteiger partial charge in [-0.05, 0) is 48.0 Å². The van der Waals surface area contributed by atoms with Crippen molar-refractivity contribution in [1.29, 1.82) is 0 Å².